The van der Waals surface area contributed by atoms with Crippen molar-refractivity contribution >= 4 is 29.6 Å². The molecule has 0 radical (unpaired) electrons. The summed E-state index contributed by atoms with van der Waals surface area (Å²) in [5.74, 6) is 0.849. The lowest BCUT2D eigenvalue weighted by atomic mass is 10.1. The van der Waals surface area contributed by atoms with Gasteiger partial charge in [0.15, 0.2) is 0 Å². The zero-order valence-corrected chi connectivity index (χ0v) is 18.2. The number of halogens is 1. The Kier molecular flexibility index (Phi) is 5.99. The number of ether oxygens (including phenoxy) is 1. The number of nitrogens with one attached hydrogen (secondary N) is 1. The maximum absolute atomic E-state index is 12.2. The van der Waals surface area contributed by atoms with Crippen LogP contribution >= 0.6 is 11.6 Å². The molecule has 160 valence electrons. The van der Waals surface area contributed by atoms with Crippen LogP contribution in [0.1, 0.15) is 32.5 Å². The Morgan fingerprint density at radius 2 is 1.81 bits per heavy atom. The number of pyridine rings is 1. The van der Waals surface area contributed by atoms with E-state index in [9.17, 15) is 4.79 Å². The molecule has 0 saturated carbocycles. The molecule has 9 heteroatoms. The van der Waals surface area contributed by atoms with Crippen LogP contribution in [0, 0.1) is 5.92 Å². The molecular weight excluding hydrogens is 416 g/mol. The van der Waals surface area contributed by atoms with Crippen LogP contribution in [-0.2, 0) is 4.74 Å². The van der Waals surface area contributed by atoms with E-state index in [-0.39, 0.29) is 23.9 Å². The minimum absolute atomic E-state index is 0.109. The van der Waals surface area contributed by atoms with Gasteiger partial charge in [0.05, 0.1) is 17.8 Å². The van der Waals surface area contributed by atoms with Gasteiger partial charge in [-0.15, -0.1) is 0 Å². The van der Waals surface area contributed by atoms with Gasteiger partial charge in [-0.2, -0.15) is 4.98 Å². The SMILES string of the molecule is CC(C)C1COC(=O)N1c1ncnc(N[C@@H](C)c2ccc(-c3ccc(Cl)cc3)cn2)n1. The number of hydrogen-bond acceptors (Lipinski definition) is 7. The Morgan fingerprint density at radius 1 is 1.06 bits per heavy atom. The third-order valence-corrected chi connectivity index (χ3v) is 5.46. The number of benzene rings is 1. The molecule has 1 aliphatic rings. The highest BCUT2D eigenvalue weighted by Crippen LogP contribution is 2.26. The van der Waals surface area contributed by atoms with E-state index in [1.54, 1.807) is 0 Å². The second kappa shape index (κ2) is 8.85. The lowest BCUT2D eigenvalue weighted by molar-refractivity contribution is 0.177. The number of hydrogen-bond donors (Lipinski definition) is 1. The summed E-state index contributed by atoms with van der Waals surface area (Å²) < 4.78 is 5.19. The van der Waals surface area contributed by atoms with Crippen molar-refractivity contribution in [3.63, 3.8) is 0 Å². The number of rotatable bonds is 6. The molecule has 1 fully saturated rings. The Hall–Kier alpha value is -3.26. The van der Waals surface area contributed by atoms with Gasteiger partial charge in [0.1, 0.15) is 12.9 Å². The van der Waals surface area contributed by atoms with E-state index in [0.29, 0.717) is 17.6 Å². The summed E-state index contributed by atoms with van der Waals surface area (Å²) in [6.45, 7) is 6.35. The fourth-order valence-electron chi connectivity index (χ4n) is 3.37. The number of anilines is 2. The van der Waals surface area contributed by atoms with E-state index in [1.165, 1.54) is 11.2 Å². The molecule has 1 aromatic carbocycles. The van der Waals surface area contributed by atoms with Gasteiger partial charge < -0.3 is 10.1 Å². The minimum Gasteiger partial charge on any atom is -0.447 e. The summed E-state index contributed by atoms with van der Waals surface area (Å²) in [5.41, 5.74) is 2.88. The molecule has 8 nitrogen and oxygen atoms in total. The van der Waals surface area contributed by atoms with Crippen molar-refractivity contribution < 1.29 is 9.53 Å². The highest BCUT2D eigenvalue weighted by Gasteiger charge is 2.38. The summed E-state index contributed by atoms with van der Waals surface area (Å²) in [4.78, 5) is 31.0. The molecule has 0 aliphatic carbocycles. The van der Waals surface area contributed by atoms with E-state index in [4.69, 9.17) is 16.3 Å². The normalized spacial score (nSPS) is 17.0. The summed E-state index contributed by atoms with van der Waals surface area (Å²) in [6, 6.07) is 11.3. The smallest absolute Gasteiger partial charge is 0.417 e. The molecule has 31 heavy (non-hydrogen) atoms. The monoisotopic (exact) mass is 438 g/mol. The largest absolute Gasteiger partial charge is 0.447 e. The molecule has 1 unspecified atom stereocenters. The summed E-state index contributed by atoms with van der Waals surface area (Å²) >= 11 is 5.96. The van der Waals surface area contributed by atoms with Crippen LogP contribution in [0.3, 0.4) is 0 Å². The van der Waals surface area contributed by atoms with Crippen molar-refractivity contribution in [2.24, 2.45) is 5.92 Å². The average molecular weight is 439 g/mol. The van der Waals surface area contributed by atoms with Gasteiger partial charge in [-0.05, 0) is 36.6 Å². The highest BCUT2D eigenvalue weighted by atomic mass is 35.5. The van der Waals surface area contributed by atoms with Crippen molar-refractivity contribution in [2.75, 3.05) is 16.8 Å². The fraction of sp³-hybridized carbons (Fsp3) is 0.318. The quantitative estimate of drug-likeness (QED) is 0.593. The number of aromatic nitrogens is 4. The number of amides is 1. The van der Waals surface area contributed by atoms with Crippen LogP contribution in [-0.4, -0.2) is 38.7 Å². The van der Waals surface area contributed by atoms with Crippen LogP contribution in [0.5, 0.6) is 0 Å². The van der Waals surface area contributed by atoms with Gasteiger partial charge in [0.2, 0.25) is 11.9 Å². The van der Waals surface area contributed by atoms with Gasteiger partial charge in [0, 0.05) is 16.8 Å². The second-order valence-corrected chi connectivity index (χ2v) is 8.15. The summed E-state index contributed by atoms with van der Waals surface area (Å²) in [6.07, 6.45) is 2.77. The van der Waals surface area contributed by atoms with Gasteiger partial charge >= 0.3 is 6.09 Å². The molecule has 2 aromatic heterocycles. The van der Waals surface area contributed by atoms with Gasteiger partial charge in [-0.3, -0.25) is 4.98 Å². The lowest BCUT2D eigenvalue weighted by Crippen LogP contribution is -2.38. The third kappa shape index (κ3) is 4.59. The topological polar surface area (TPSA) is 93.1 Å². The Morgan fingerprint density at radius 3 is 2.48 bits per heavy atom. The van der Waals surface area contributed by atoms with Crippen LogP contribution in [0.15, 0.2) is 48.9 Å². The first-order valence-electron chi connectivity index (χ1n) is 10.1. The van der Waals surface area contributed by atoms with Crippen molar-refractivity contribution in [2.45, 2.75) is 32.9 Å². The molecule has 3 heterocycles. The van der Waals surface area contributed by atoms with E-state index < -0.39 is 6.09 Å². The number of carbonyl (C=O) groups excluding carboxylic acids is 1. The summed E-state index contributed by atoms with van der Waals surface area (Å²) in [5, 5.41) is 3.93. The van der Waals surface area contributed by atoms with Gasteiger partial charge in [-0.1, -0.05) is 43.6 Å². The Balaban J connectivity index is 1.49. The van der Waals surface area contributed by atoms with Crippen molar-refractivity contribution in [1.29, 1.82) is 0 Å². The van der Waals surface area contributed by atoms with E-state index in [2.05, 4.69) is 25.3 Å². The molecule has 0 spiro atoms. The first-order chi connectivity index (χ1) is 14.9. The average Bonchev–Trinajstić information content (AvgIpc) is 3.16. The lowest BCUT2D eigenvalue weighted by Gasteiger charge is -2.22. The zero-order valence-electron chi connectivity index (χ0n) is 17.5. The molecule has 2 atom stereocenters. The summed E-state index contributed by atoms with van der Waals surface area (Å²) in [7, 11) is 0. The van der Waals surface area contributed by atoms with Crippen molar-refractivity contribution in [3.8, 4) is 11.1 Å². The molecule has 1 saturated heterocycles. The van der Waals surface area contributed by atoms with Crippen molar-refractivity contribution in [1.82, 2.24) is 19.9 Å². The molecule has 4 rings (SSSR count). The van der Waals surface area contributed by atoms with E-state index in [0.717, 1.165) is 16.8 Å². The molecule has 0 bridgehead atoms. The maximum atomic E-state index is 12.2. The first kappa shape index (κ1) is 21.0. The molecular formula is C22H23ClN6O2. The zero-order chi connectivity index (χ0) is 22.0. The van der Waals surface area contributed by atoms with Gasteiger partial charge in [-0.25, -0.2) is 19.7 Å². The standard InChI is InChI=1S/C22H23ClN6O2/c1-13(2)19-11-31-22(30)29(19)21-26-12-25-20(28-21)27-14(3)18-9-6-16(10-24-18)15-4-7-17(23)8-5-15/h4-10,12-14,19H,11H2,1-3H3,(H,25,26,27,28)/t14-,19?/m0/s1. The molecule has 3 aromatic rings. The molecule has 1 amide bonds. The fourth-order valence-corrected chi connectivity index (χ4v) is 3.50. The predicted octanol–water partition coefficient (Wildman–Crippen LogP) is 4.74. The predicted molar refractivity (Wildman–Crippen MR) is 119 cm³/mol. The number of cyclic esters (lactones) is 1. The van der Waals surface area contributed by atoms with Crippen LogP contribution in [0.25, 0.3) is 11.1 Å². The Labute approximate surface area is 185 Å². The molecule has 1 N–H and O–H groups in total. The Bertz CT molecular complexity index is 1060. The minimum atomic E-state index is -0.441. The van der Waals surface area contributed by atoms with E-state index >= 15 is 0 Å². The number of carbonyl (C=O) groups is 1. The van der Waals surface area contributed by atoms with Gasteiger partial charge in [0.25, 0.3) is 0 Å². The van der Waals surface area contributed by atoms with Crippen molar-refractivity contribution in [3.05, 3.63) is 59.6 Å². The van der Waals surface area contributed by atoms with E-state index in [1.807, 2.05) is 63.4 Å². The first-order valence-corrected chi connectivity index (χ1v) is 10.4. The maximum Gasteiger partial charge on any atom is 0.417 e. The highest BCUT2D eigenvalue weighted by molar-refractivity contribution is 6.30. The van der Waals surface area contributed by atoms with Crippen LogP contribution in [0.4, 0.5) is 16.7 Å². The number of nitrogens with zero attached hydrogens (tertiary/aromatic N) is 5. The molecule has 1 aliphatic heterocycles. The van der Waals surface area contributed by atoms with Crippen LogP contribution in [0.2, 0.25) is 5.02 Å². The second-order valence-electron chi connectivity index (χ2n) is 7.71. The van der Waals surface area contributed by atoms with Crippen LogP contribution < -0.4 is 10.2 Å². The third-order valence-electron chi connectivity index (χ3n) is 5.20.